The lowest BCUT2D eigenvalue weighted by molar-refractivity contribution is -0.143. The molecular weight excluding hydrogens is 262 g/mol. The van der Waals surface area contributed by atoms with Gasteiger partial charge in [-0.1, -0.05) is 0 Å². The van der Waals surface area contributed by atoms with Crippen molar-refractivity contribution in [1.29, 1.82) is 0 Å². The summed E-state index contributed by atoms with van der Waals surface area (Å²) in [6.07, 6.45) is 1.03. The van der Waals surface area contributed by atoms with Gasteiger partial charge in [-0.3, -0.25) is 9.69 Å². The molecule has 0 aliphatic carbocycles. The van der Waals surface area contributed by atoms with E-state index >= 15 is 0 Å². The molecule has 1 N–H and O–H groups in total. The fraction of sp³-hybridized carbons (Fsp3) is 0.846. The number of piperazine rings is 1. The number of nitrogens with zero attached hydrogens (tertiary/aromatic N) is 3. The van der Waals surface area contributed by atoms with Crippen molar-refractivity contribution in [2.75, 3.05) is 46.4 Å². The van der Waals surface area contributed by atoms with E-state index in [4.69, 9.17) is 9.84 Å². The number of ether oxygens (including phenoxy) is 1. The van der Waals surface area contributed by atoms with Crippen LogP contribution in [0, 0.1) is 0 Å². The lowest BCUT2D eigenvalue weighted by Crippen LogP contribution is -2.55. The summed E-state index contributed by atoms with van der Waals surface area (Å²) in [6, 6.07) is -0.441. The van der Waals surface area contributed by atoms with Gasteiger partial charge in [0.15, 0.2) is 0 Å². The number of hydrogen-bond donors (Lipinski definition) is 1. The zero-order chi connectivity index (χ0) is 14.7. The molecule has 7 heteroatoms. The second kappa shape index (κ2) is 6.41. The normalized spacial score (nSPS) is 25.8. The van der Waals surface area contributed by atoms with Crippen LogP contribution in [-0.4, -0.2) is 90.3 Å². The Morgan fingerprint density at radius 2 is 1.80 bits per heavy atom. The number of likely N-dealkylation sites (tertiary alicyclic amines) is 1. The molecule has 7 nitrogen and oxygen atoms in total. The minimum Gasteiger partial charge on any atom is -0.480 e. The highest BCUT2D eigenvalue weighted by Gasteiger charge is 2.32. The first-order chi connectivity index (χ1) is 9.52. The zero-order valence-corrected chi connectivity index (χ0v) is 12.1. The van der Waals surface area contributed by atoms with Crippen molar-refractivity contribution in [3.63, 3.8) is 0 Å². The first-order valence-electron chi connectivity index (χ1n) is 7.06. The molecule has 2 aliphatic heterocycles. The molecular formula is C13H23N3O4. The highest BCUT2D eigenvalue weighted by Crippen LogP contribution is 2.15. The average molecular weight is 285 g/mol. The lowest BCUT2D eigenvalue weighted by Gasteiger charge is -2.38. The van der Waals surface area contributed by atoms with Crippen molar-refractivity contribution in [1.82, 2.24) is 14.7 Å². The summed E-state index contributed by atoms with van der Waals surface area (Å²) in [5.74, 6) is -0.813. The van der Waals surface area contributed by atoms with Crippen molar-refractivity contribution in [2.45, 2.75) is 25.5 Å². The number of amides is 2. The molecule has 2 heterocycles. The Balaban J connectivity index is 1.82. The van der Waals surface area contributed by atoms with Gasteiger partial charge in [0.1, 0.15) is 6.04 Å². The minimum absolute atomic E-state index is 0.0483. The average Bonchev–Trinajstić information content (AvgIpc) is 2.94. The van der Waals surface area contributed by atoms with Crippen molar-refractivity contribution >= 4 is 12.0 Å². The molecule has 0 saturated carbocycles. The maximum atomic E-state index is 12.3. The first-order valence-corrected chi connectivity index (χ1v) is 7.06. The van der Waals surface area contributed by atoms with Gasteiger partial charge < -0.3 is 19.6 Å². The molecule has 2 atom stereocenters. The van der Waals surface area contributed by atoms with Gasteiger partial charge in [0.25, 0.3) is 0 Å². The van der Waals surface area contributed by atoms with E-state index < -0.39 is 12.0 Å². The standard InChI is InChI=1S/C13H23N3O4/c1-10(12(17)18)14-5-7-15(8-6-14)13(19)16-4-3-11(9-16)20-2/h10-11H,3-9H2,1-2H3,(H,17,18). The smallest absolute Gasteiger partial charge is 0.320 e. The van der Waals surface area contributed by atoms with Crippen LogP contribution in [-0.2, 0) is 9.53 Å². The summed E-state index contributed by atoms with van der Waals surface area (Å²) in [4.78, 5) is 28.8. The van der Waals surface area contributed by atoms with Crippen LogP contribution in [0.15, 0.2) is 0 Å². The van der Waals surface area contributed by atoms with Crippen molar-refractivity contribution in [2.24, 2.45) is 0 Å². The summed E-state index contributed by atoms with van der Waals surface area (Å²) in [6.45, 7) is 5.48. The summed E-state index contributed by atoms with van der Waals surface area (Å²) < 4.78 is 5.27. The summed E-state index contributed by atoms with van der Waals surface area (Å²) in [5, 5.41) is 8.99. The third-order valence-corrected chi connectivity index (χ3v) is 4.24. The number of aliphatic carboxylic acids is 1. The number of carbonyl (C=O) groups excluding carboxylic acids is 1. The fourth-order valence-corrected chi connectivity index (χ4v) is 2.75. The first kappa shape index (κ1) is 15.1. The van der Waals surface area contributed by atoms with Gasteiger partial charge >= 0.3 is 12.0 Å². The van der Waals surface area contributed by atoms with E-state index in [1.165, 1.54) is 0 Å². The van der Waals surface area contributed by atoms with Gasteiger partial charge in [-0.2, -0.15) is 0 Å². The molecule has 20 heavy (non-hydrogen) atoms. The molecule has 0 aromatic rings. The zero-order valence-electron chi connectivity index (χ0n) is 12.1. The van der Waals surface area contributed by atoms with Gasteiger partial charge in [0, 0.05) is 46.4 Å². The Kier molecular flexibility index (Phi) is 4.82. The van der Waals surface area contributed by atoms with Crippen LogP contribution < -0.4 is 0 Å². The van der Waals surface area contributed by atoms with Gasteiger partial charge in [0.05, 0.1) is 6.10 Å². The van der Waals surface area contributed by atoms with Crippen LogP contribution in [0.5, 0.6) is 0 Å². The van der Waals surface area contributed by atoms with Gasteiger partial charge in [-0.05, 0) is 13.3 Å². The molecule has 2 unspecified atom stereocenters. The third-order valence-electron chi connectivity index (χ3n) is 4.24. The van der Waals surface area contributed by atoms with Crippen molar-refractivity contribution in [3.8, 4) is 0 Å². The molecule has 0 aromatic carbocycles. The SMILES string of the molecule is COC1CCN(C(=O)N2CCN(C(C)C(=O)O)CC2)C1. The van der Waals surface area contributed by atoms with Crippen LogP contribution in [0.4, 0.5) is 4.79 Å². The highest BCUT2D eigenvalue weighted by atomic mass is 16.5. The molecule has 0 aromatic heterocycles. The van der Waals surface area contributed by atoms with E-state index in [2.05, 4.69) is 0 Å². The largest absolute Gasteiger partial charge is 0.480 e. The summed E-state index contributed by atoms with van der Waals surface area (Å²) >= 11 is 0. The Morgan fingerprint density at radius 3 is 2.30 bits per heavy atom. The quantitative estimate of drug-likeness (QED) is 0.785. The molecule has 2 rings (SSSR count). The molecule has 2 saturated heterocycles. The number of carboxylic acids is 1. The predicted molar refractivity (Wildman–Crippen MR) is 72.6 cm³/mol. The maximum absolute atomic E-state index is 12.3. The van der Waals surface area contributed by atoms with E-state index in [0.29, 0.717) is 32.7 Å². The molecule has 2 aliphatic rings. The van der Waals surface area contributed by atoms with Gasteiger partial charge in [-0.15, -0.1) is 0 Å². The molecule has 2 amide bonds. The molecule has 2 fully saturated rings. The molecule has 114 valence electrons. The monoisotopic (exact) mass is 285 g/mol. The Hall–Kier alpha value is -1.34. The number of hydrogen-bond acceptors (Lipinski definition) is 4. The predicted octanol–water partition coefficient (Wildman–Crippen LogP) is -0.0822. The van der Waals surface area contributed by atoms with Crippen LogP contribution in [0.1, 0.15) is 13.3 Å². The van der Waals surface area contributed by atoms with Crippen molar-refractivity contribution in [3.05, 3.63) is 0 Å². The van der Waals surface area contributed by atoms with Crippen LogP contribution in [0.3, 0.4) is 0 Å². The Morgan fingerprint density at radius 1 is 1.15 bits per heavy atom. The highest BCUT2D eigenvalue weighted by molar-refractivity contribution is 5.75. The van der Waals surface area contributed by atoms with Crippen LogP contribution in [0.25, 0.3) is 0 Å². The van der Waals surface area contributed by atoms with E-state index in [9.17, 15) is 9.59 Å². The van der Waals surface area contributed by atoms with Gasteiger partial charge in [-0.25, -0.2) is 4.79 Å². The van der Waals surface area contributed by atoms with E-state index in [1.807, 2.05) is 14.7 Å². The number of carbonyl (C=O) groups is 2. The minimum atomic E-state index is -0.813. The Labute approximate surface area is 119 Å². The summed E-state index contributed by atoms with van der Waals surface area (Å²) in [5.41, 5.74) is 0. The number of urea groups is 1. The number of rotatable bonds is 3. The van der Waals surface area contributed by atoms with Crippen LogP contribution in [0.2, 0.25) is 0 Å². The Bertz CT molecular complexity index is 369. The molecule has 0 spiro atoms. The van der Waals surface area contributed by atoms with Crippen LogP contribution >= 0.6 is 0 Å². The summed E-state index contributed by atoms with van der Waals surface area (Å²) in [7, 11) is 1.67. The fourth-order valence-electron chi connectivity index (χ4n) is 2.75. The van der Waals surface area contributed by atoms with E-state index in [0.717, 1.165) is 13.0 Å². The molecule has 0 radical (unpaired) electrons. The number of carboxylic acid groups (broad SMARTS) is 1. The van der Waals surface area contributed by atoms with Crippen molar-refractivity contribution < 1.29 is 19.4 Å². The lowest BCUT2D eigenvalue weighted by atomic mass is 10.2. The topological polar surface area (TPSA) is 73.3 Å². The second-order valence-corrected chi connectivity index (χ2v) is 5.41. The van der Waals surface area contributed by atoms with Gasteiger partial charge in [0.2, 0.25) is 0 Å². The number of methoxy groups -OCH3 is 1. The second-order valence-electron chi connectivity index (χ2n) is 5.41. The van der Waals surface area contributed by atoms with E-state index in [-0.39, 0.29) is 12.1 Å². The third kappa shape index (κ3) is 3.21. The molecule has 0 bridgehead atoms. The van der Waals surface area contributed by atoms with E-state index in [1.54, 1.807) is 14.0 Å². The maximum Gasteiger partial charge on any atom is 0.320 e.